The van der Waals surface area contributed by atoms with Crippen LogP contribution in [0.3, 0.4) is 0 Å². The third kappa shape index (κ3) is 5.02. The van der Waals surface area contributed by atoms with Crippen molar-refractivity contribution in [1.29, 1.82) is 0 Å². The predicted molar refractivity (Wildman–Crippen MR) is 116 cm³/mol. The zero-order valence-corrected chi connectivity index (χ0v) is 17.8. The molecule has 0 radical (unpaired) electrons. The van der Waals surface area contributed by atoms with E-state index in [1.54, 1.807) is 0 Å². The predicted octanol–water partition coefficient (Wildman–Crippen LogP) is 0.385. The number of thioether (sulfide) groups is 1. The third-order valence-corrected chi connectivity index (χ3v) is 6.65. The first kappa shape index (κ1) is 20.4. The molecule has 0 saturated carbocycles. The van der Waals surface area contributed by atoms with Crippen molar-refractivity contribution < 1.29 is 9.53 Å². The van der Waals surface area contributed by atoms with Crippen molar-refractivity contribution >= 4 is 23.5 Å². The smallest absolute Gasteiger partial charge is 0.318 e. The molecule has 9 heteroatoms. The van der Waals surface area contributed by atoms with E-state index in [1.807, 2.05) is 16.7 Å². The Kier molecular flexibility index (Phi) is 6.89. The van der Waals surface area contributed by atoms with E-state index in [4.69, 9.17) is 9.72 Å². The molecule has 2 saturated heterocycles. The second kappa shape index (κ2) is 9.77. The van der Waals surface area contributed by atoms with E-state index in [9.17, 15) is 4.79 Å². The highest BCUT2D eigenvalue weighted by molar-refractivity contribution is 7.99. The lowest BCUT2D eigenvalue weighted by Gasteiger charge is -2.36. The van der Waals surface area contributed by atoms with Crippen LogP contribution in [-0.4, -0.2) is 96.1 Å². The lowest BCUT2D eigenvalue weighted by Crippen LogP contribution is -2.49. The van der Waals surface area contributed by atoms with Gasteiger partial charge in [-0.2, -0.15) is 21.7 Å². The number of fused-ring (bicyclic) bond motifs is 1. The maximum Gasteiger partial charge on any atom is 0.318 e. The standard InChI is InChI=1S/C20H30N6O2S/c1-2-18(27)25-5-7-26(8-6-25)19-16-3-4-21-15-17(16)22-20(23-19)28-12-9-24-10-13-29-14-11-24/h2,21H,1,3-15H2. The molecular formula is C20H30N6O2S. The number of hydrogen-bond acceptors (Lipinski definition) is 8. The molecule has 0 spiro atoms. The first-order valence-electron chi connectivity index (χ1n) is 10.4. The average Bonchev–Trinajstić information content (AvgIpc) is 2.79. The van der Waals surface area contributed by atoms with Gasteiger partial charge < -0.3 is 19.9 Å². The van der Waals surface area contributed by atoms with Crippen molar-refractivity contribution in [1.82, 2.24) is 25.1 Å². The Bertz CT molecular complexity index is 732. The largest absolute Gasteiger partial charge is 0.462 e. The van der Waals surface area contributed by atoms with Crippen LogP contribution in [0, 0.1) is 0 Å². The van der Waals surface area contributed by atoms with Gasteiger partial charge in [0.2, 0.25) is 5.91 Å². The number of nitrogens with zero attached hydrogens (tertiary/aromatic N) is 5. The van der Waals surface area contributed by atoms with Crippen LogP contribution in [0.2, 0.25) is 0 Å². The Hall–Kier alpha value is -1.84. The summed E-state index contributed by atoms with van der Waals surface area (Å²) >= 11 is 2.02. The topological polar surface area (TPSA) is 73.8 Å². The Morgan fingerprint density at radius 3 is 2.72 bits per heavy atom. The minimum absolute atomic E-state index is 0.00120. The van der Waals surface area contributed by atoms with Gasteiger partial charge in [-0.3, -0.25) is 9.69 Å². The van der Waals surface area contributed by atoms with Crippen LogP contribution in [-0.2, 0) is 17.8 Å². The fourth-order valence-corrected chi connectivity index (χ4v) is 4.98. The van der Waals surface area contributed by atoms with Gasteiger partial charge in [-0.15, -0.1) is 0 Å². The van der Waals surface area contributed by atoms with Crippen LogP contribution in [0.1, 0.15) is 11.3 Å². The van der Waals surface area contributed by atoms with Gasteiger partial charge in [0.05, 0.1) is 5.69 Å². The fourth-order valence-electron chi connectivity index (χ4n) is 4.00. The van der Waals surface area contributed by atoms with E-state index in [1.165, 1.54) is 23.1 Å². The lowest BCUT2D eigenvalue weighted by molar-refractivity contribution is -0.126. The normalized spacial score (nSPS) is 20.3. The molecule has 0 aromatic carbocycles. The van der Waals surface area contributed by atoms with Crippen LogP contribution >= 0.6 is 11.8 Å². The minimum Gasteiger partial charge on any atom is -0.462 e. The zero-order valence-electron chi connectivity index (χ0n) is 16.9. The molecule has 4 heterocycles. The van der Waals surface area contributed by atoms with E-state index in [-0.39, 0.29) is 5.91 Å². The molecular weight excluding hydrogens is 388 g/mol. The molecule has 1 aromatic heterocycles. The molecule has 3 aliphatic heterocycles. The molecule has 8 nitrogen and oxygen atoms in total. The number of rotatable bonds is 6. The van der Waals surface area contributed by atoms with Crippen LogP contribution in [0.4, 0.5) is 5.82 Å². The molecule has 158 valence electrons. The van der Waals surface area contributed by atoms with Crippen molar-refractivity contribution in [3.8, 4) is 6.01 Å². The van der Waals surface area contributed by atoms with Gasteiger partial charge in [-0.1, -0.05) is 6.58 Å². The van der Waals surface area contributed by atoms with Crippen molar-refractivity contribution in [3.05, 3.63) is 23.9 Å². The van der Waals surface area contributed by atoms with Gasteiger partial charge >= 0.3 is 6.01 Å². The molecule has 0 unspecified atom stereocenters. The maximum atomic E-state index is 11.9. The van der Waals surface area contributed by atoms with Crippen molar-refractivity contribution in [2.24, 2.45) is 0 Å². The van der Waals surface area contributed by atoms with Gasteiger partial charge in [0.25, 0.3) is 0 Å². The zero-order chi connectivity index (χ0) is 20.1. The van der Waals surface area contributed by atoms with Gasteiger partial charge in [0.1, 0.15) is 12.4 Å². The van der Waals surface area contributed by atoms with Gasteiger partial charge in [0, 0.05) is 69.4 Å². The second-order valence-corrected chi connectivity index (χ2v) is 8.73. The summed E-state index contributed by atoms with van der Waals surface area (Å²) in [5.74, 6) is 3.38. The summed E-state index contributed by atoms with van der Waals surface area (Å²) in [5, 5.41) is 3.40. The Balaban J connectivity index is 1.44. The fraction of sp³-hybridized carbons (Fsp3) is 0.650. The average molecular weight is 419 g/mol. The van der Waals surface area contributed by atoms with E-state index >= 15 is 0 Å². The minimum atomic E-state index is -0.00120. The summed E-state index contributed by atoms with van der Waals surface area (Å²) in [4.78, 5) is 27.9. The molecule has 0 aliphatic carbocycles. The summed E-state index contributed by atoms with van der Waals surface area (Å²) in [6.07, 6.45) is 2.31. The van der Waals surface area contributed by atoms with Crippen LogP contribution in [0.25, 0.3) is 0 Å². The number of carbonyl (C=O) groups is 1. The molecule has 1 aromatic rings. The summed E-state index contributed by atoms with van der Waals surface area (Å²) in [6, 6.07) is 0.471. The quantitative estimate of drug-likeness (QED) is 0.665. The Morgan fingerprint density at radius 2 is 1.97 bits per heavy atom. The summed E-state index contributed by atoms with van der Waals surface area (Å²) < 4.78 is 5.98. The van der Waals surface area contributed by atoms with Gasteiger partial charge in [0.15, 0.2) is 0 Å². The molecule has 1 N–H and O–H groups in total. The van der Waals surface area contributed by atoms with E-state index < -0.39 is 0 Å². The van der Waals surface area contributed by atoms with Crippen LogP contribution < -0.4 is 15.0 Å². The van der Waals surface area contributed by atoms with Gasteiger partial charge in [-0.25, -0.2) is 0 Å². The SMILES string of the molecule is C=CC(=O)N1CCN(c2nc(OCCN3CCSCC3)nc3c2CCNC3)CC1. The molecule has 0 atom stereocenters. The highest BCUT2D eigenvalue weighted by Gasteiger charge is 2.26. The number of piperazine rings is 1. The molecule has 0 bridgehead atoms. The molecule has 4 rings (SSSR count). The molecule has 3 aliphatic rings. The van der Waals surface area contributed by atoms with E-state index in [0.29, 0.717) is 25.7 Å². The number of nitrogens with one attached hydrogen (secondary N) is 1. The summed E-state index contributed by atoms with van der Waals surface area (Å²) in [6.45, 7) is 12.0. The number of aromatic nitrogens is 2. The summed E-state index contributed by atoms with van der Waals surface area (Å²) in [5.41, 5.74) is 2.25. The van der Waals surface area contributed by atoms with Crippen molar-refractivity contribution in [2.75, 3.05) is 75.4 Å². The van der Waals surface area contributed by atoms with Crippen molar-refractivity contribution in [2.45, 2.75) is 13.0 Å². The number of hydrogen-bond donors (Lipinski definition) is 1. The number of ether oxygens (including phenoxy) is 1. The first-order chi connectivity index (χ1) is 14.2. The Morgan fingerprint density at radius 1 is 1.17 bits per heavy atom. The van der Waals surface area contributed by atoms with Crippen LogP contribution in [0.5, 0.6) is 6.01 Å². The number of amides is 1. The highest BCUT2D eigenvalue weighted by atomic mass is 32.2. The third-order valence-electron chi connectivity index (χ3n) is 5.70. The van der Waals surface area contributed by atoms with Crippen molar-refractivity contribution in [3.63, 3.8) is 0 Å². The number of anilines is 1. The molecule has 29 heavy (non-hydrogen) atoms. The number of carbonyl (C=O) groups excluding carboxylic acids is 1. The molecule has 1 amide bonds. The summed E-state index contributed by atoms with van der Waals surface area (Å²) in [7, 11) is 0. The van der Waals surface area contributed by atoms with E-state index in [0.717, 1.165) is 63.7 Å². The van der Waals surface area contributed by atoms with E-state index in [2.05, 4.69) is 26.7 Å². The molecule has 2 fully saturated rings. The first-order valence-corrected chi connectivity index (χ1v) is 11.6. The lowest BCUT2D eigenvalue weighted by atomic mass is 10.1. The highest BCUT2D eigenvalue weighted by Crippen LogP contribution is 2.27. The monoisotopic (exact) mass is 418 g/mol. The maximum absolute atomic E-state index is 11.9. The van der Waals surface area contributed by atoms with Crippen LogP contribution in [0.15, 0.2) is 12.7 Å². The second-order valence-electron chi connectivity index (χ2n) is 7.50. The van der Waals surface area contributed by atoms with Gasteiger partial charge in [-0.05, 0) is 19.0 Å². The Labute approximate surface area is 176 Å².